The van der Waals surface area contributed by atoms with Crippen molar-refractivity contribution in [3.63, 3.8) is 0 Å². The maximum absolute atomic E-state index is 6.30. The first kappa shape index (κ1) is 24.2. The molecule has 3 aromatic heterocycles. The van der Waals surface area contributed by atoms with Crippen molar-refractivity contribution >= 4 is 81.5 Å². The lowest BCUT2D eigenvalue weighted by molar-refractivity contribution is 0.669. The second kappa shape index (κ2) is 9.55. The van der Waals surface area contributed by atoms with Crippen LogP contribution in [0, 0.1) is 0 Å². The number of hydrogen-bond acceptors (Lipinski definition) is 4. The molecule has 9 rings (SSSR count). The maximum atomic E-state index is 6.30. The van der Waals surface area contributed by atoms with E-state index >= 15 is 0 Å². The molecule has 9 aromatic rings. The second-order valence-corrected chi connectivity index (χ2v) is 11.8. The van der Waals surface area contributed by atoms with Crippen molar-refractivity contribution in [2.75, 3.05) is 4.90 Å². The van der Waals surface area contributed by atoms with Gasteiger partial charge in [0, 0.05) is 38.0 Å². The van der Waals surface area contributed by atoms with Gasteiger partial charge in [-0.3, -0.25) is 4.90 Å². The lowest BCUT2D eigenvalue weighted by Gasteiger charge is -2.24. The Kier molecular flexibility index (Phi) is 5.37. The van der Waals surface area contributed by atoms with Gasteiger partial charge in [-0.2, -0.15) is 0 Å². The summed E-state index contributed by atoms with van der Waals surface area (Å²) in [6, 6.07) is 51.3. The van der Waals surface area contributed by atoms with Crippen molar-refractivity contribution in [3.8, 4) is 11.1 Å². The van der Waals surface area contributed by atoms with E-state index in [0.717, 1.165) is 44.0 Å². The summed E-state index contributed by atoms with van der Waals surface area (Å²) in [5, 5.41) is 7.22. The number of nitrogens with zero attached hydrogens (tertiary/aromatic N) is 2. The largest absolute Gasteiger partial charge is 0.456 e. The first-order valence-corrected chi connectivity index (χ1v) is 15.2. The minimum atomic E-state index is 0.860. The molecular weight excluding hydrogens is 545 g/mol. The molecule has 0 saturated heterocycles. The summed E-state index contributed by atoms with van der Waals surface area (Å²) in [6.45, 7) is 0. The first-order chi connectivity index (χ1) is 21.3. The lowest BCUT2D eigenvalue weighted by Crippen LogP contribution is -2.11. The van der Waals surface area contributed by atoms with Gasteiger partial charge in [-0.05, 0) is 70.4 Å². The van der Waals surface area contributed by atoms with Crippen molar-refractivity contribution < 1.29 is 4.42 Å². The molecule has 0 fully saturated rings. The summed E-state index contributed by atoms with van der Waals surface area (Å²) in [5.74, 6) is 0.867. The highest BCUT2D eigenvalue weighted by Crippen LogP contribution is 2.42. The van der Waals surface area contributed by atoms with Crippen molar-refractivity contribution in [2.45, 2.75) is 0 Å². The van der Waals surface area contributed by atoms with E-state index < -0.39 is 0 Å². The molecule has 0 bridgehead atoms. The van der Waals surface area contributed by atoms with Gasteiger partial charge < -0.3 is 4.42 Å². The number of aromatic nitrogens is 1. The molecule has 0 unspecified atom stereocenters. The van der Waals surface area contributed by atoms with Crippen LogP contribution in [0.5, 0.6) is 0 Å². The quantitative estimate of drug-likeness (QED) is 0.211. The third-order valence-electron chi connectivity index (χ3n) is 8.29. The highest BCUT2D eigenvalue weighted by molar-refractivity contribution is 7.25. The van der Waals surface area contributed by atoms with Crippen molar-refractivity contribution in [1.82, 2.24) is 4.98 Å². The Morgan fingerprint density at radius 2 is 1.21 bits per heavy atom. The van der Waals surface area contributed by atoms with Gasteiger partial charge in [-0.15, -0.1) is 11.3 Å². The molecule has 3 heterocycles. The fourth-order valence-corrected chi connectivity index (χ4v) is 7.33. The smallest absolute Gasteiger partial charge is 0.139 e. The summed E-state index contributed by atoms with van der Waals surface area (Å²) in [6.07, 6.45) is 0. The van der Waals surface area contributed by atoms with Gasteiger partial charge in [0.15, 0.2) is 0 Å². The van der Waals surface area contributed by atoms with Gasteiger partial charge in [0.25, 0.3) is 0 Å². The molecule has 3 nitrogen and oxygen atoms in total. The fourth-order valence-electron chi connectivity index (χ4n) is 6.24. The third-order valence-corrected chi connectivity index (χ3v) is 9.36. The van der Waals surface area contributed by atoms with E-state index in [1.54, 1.807) is 11.3 Å². The number of pyridine rings is 1. The Hall–Kier alpha value is -5.45. The van der Waals surface area contributed by atoms with Crippen LogP contribution in [0.15, 0.2) is 150 Å². The van der Waals surface area contributed by atoms with Gasteiger partial charge in [-0.25, -0.2) is 4.98 Å². The van der Waals surface area contributed by atoms with Crippen LogP contribution >= 0.6 is 11.3 Å². The molecule has 0 aliphatic carbocycles. The molecule has 0 spiro atoms. The molecule has 4 heteroatoms. The van der Waals surface area contributed by atoms with Crippen molar-refractivity contribution in [2.24, 2.45) is 0 Å². The fraction of sp³-hybridized carbons (Fsp3) is 0. The lowest BCUT2D eigenvalue weighted by atomic mass is 10.0. The summed E-state index contributed by atoms with van der Waals surface area (Å²) in [5.41, 5.74) is 6.16. The molecule has 202 valence electrons. The topological polar surface area (TPSA) is 29.3 Å². The van der Waals surface area contributed by atoms with E-state index in [2.05, 4.69) is 132 Å². The Morgan fingerprint density at radius 3 is 2.09 bits per heavy atom. The molecule has 0 atom stereocenters. The molecule has 0 amide bonds. The number of hydrogen-bond donors (Lipinski definition) is 0. The van der Waals surface area contributed by atoms with Crippen molar-refractivity contribution in [3.05, 3.63) is 146 Å². The summed E-state index contributed by atoms with van der Waals surface area (Å²) in [7, 11) is 0. The zero-order valence-electron chi connectivity index (χ0n) is 23.1. The summed E-state index contributed by atoms with van der Waals surface area (Å²) >= 11 is 1.75. The average Bonchev–Trinajstić information content (AvgIpc) is 3.63. The summed E-state index contributed by atoms with van der Waals surface area (Å²) < 4.78 is 7.55. The molecule has 6 aromatic carbocycles. The van der Waals surface area contributed by atoms with Crippen LogP contribution in [-0.4, -0.2) is 4.98 Å². The van der Waals surface area contributed by atoms with Crippen LogP contribution in [0.2, 0.25) is 0 Å². The minimum Gasteiger partial charge on any atom is -0.456 e. The monoisotopic (exact) mass is 568 g/mol. The van der Waals surface area contributed by atoms with Crippen LogP contribution in [0.1, 0.15) is 0 Å². The number of rotatable bonds is 4. The molecule has 0 saturated carbocycles. The second-order valence-electron chi connectivity index (χ2n) is 10.8. The van der Waals surface area contributed by atoms with Gasteiger partial charge in [0.1, 0.15) is 21.8 Å². The molecule has 43 heavy (non-hydrogen) atoms. The zero-order chi connectivity index (χ0) is 28.3. The molecule has 0 N–H and O–H groups in total. The Balaban J connectivity index is 1.23. The minimum absolute atomic E-state index is 0.860. The number of benzene rings is 6. The third kappa shape index (κ3) is 3.92. The van der Waals surface area contributed by atoms with Gasteiger partial charge in [0.2, 0.25) is 0 Å². The van der Waals surface area contributed by atoms with Crippen LogP contribution in [0.25, 0.3) is 64.1 Å². The predicted molar refractivity (Wildman–Crippen MR) is 182 cm³/mol. The molecule has 0 aliphatic rings. The van der Waals surface area contributed by atoms with Crippen LogP contribution in [-0.2, 0) is 0 Å². The Bertz CT molecular complexity index is 2460. The van der Waals surface area contributed by atoms with E-state index in [9.17, 15) is 0 Å². The van der Waals surface area contributed by atoms with Gasteiger partial charge in [-0.1, -0.05) is 91.0 Å². The van der Waals surface area contributed by atoms with E-state index in [4.69, 9.17) is 9.40 Å². The zero-order valence-corrected chi connectivity index (χ0v) is 23.9. The predicted octanol–water partition coefficient (Wildman–Crippen LogP) is 11.6. The molecular formula is C39H24N2OS. The molecule has 0 aliphatic heterocycles. The number of furan rings is 1. The number of para-hydroxylation sites is 1. The van der Waals surface area contributed by atoms with Crippen LogP contribution in [0.3, 0.4) is 0 Å². The van der Waals surface area contributed by atoms with E-state index in [-0.39, 0.29) is 0 Å². The van der Waals surface area contributed by atoms with E-state index in [1.165, 1.54) is 37.4 Å². The van der Waals surface area contributed by atoms with Gasteiger partial charge >= 0.3 is 0 Å². The SMILES string of the molecule is c1ccc(-c2ccc(N(c3ccc4c(c3)oc3ccccc34)c3ccc4c(n3)sc3ccc5ccccc5c34)cc2)cc1. The standard InChI is InChI=1S/C39H24N2OS/c1-2-8-25(9-3-1)26-14-17-28(18-15-26)41(29-19-20-32-31-12-6-7-13-34(31)42-35(32)24-29)37-23-21-33-38-30-11-5-4-10-27(30)16-22-36(38)43-39(33)40-37/h1-24H. The Morgan fingerprint density at radius 1 is 0.512 bits per heavy atom. The molecule has 0 radical (unpaired) electrons. The van der Waals surface area contributed by atoms with Crippen molar-refractivity contribution in [1.29, 1.82) is 0 Å². The van der Waals surface area contributed by atoms with E-state index in [0.29, 0.717) is 0 Å². The number of fused-ring (bicyclic) bond motifs is 8. The van der Waals surface area contributed by atoms with Crippen LogP contribution in [0.4, 0.5) is 17.2 Å². The van der Waals surface area contributed by atoms with Crippen LogP contribution < -0.4 is 4.90 Å². The highest BCUT2D eigenvalue weighted by Gasteiger charge is 2.19. The highest BCUT2D eigenvalue weighted by atomic mass is 32.1. The Labute approximate surface area is 251 Å². The van der Waals surface area contributed by atoms with E-state index in [1.807, 2.05) is 18.2 Å². The summed E-state index contributed by atoms with van der Waals surface area (Å²) in [4.78, 5) is 8.54. The maximum Gasteiger partial charge on any atom is 0.139 e. The normalized spacial score (nSPS) is 11.7. The number of thiophene rings is 1. The number of anilines is 3. The first-order valence-electron chi connectivity index (χ1n) is 14.4. The average molecular weight is 569 g/mol. The van der Waals surface area contributed by atoms with Gasteiger partial charge in [0.05, 0.1) is 5.69 Å².